The molecule has 0 aromatic carbocycles. The van der Waals surface area contributed by atoms with Gasteiger partial charge in [0.05, 0.1) is 0 Å². The van der Waals surface area contributed by atoms with Crippen molar-refractivity contribution in [2.45, 2.75) is 79.7 Å². The molecule has 2 heteroatoms. The average molecular weight is 246 g/mol. The third-order valence-corrected chi connectivity index (χ3v) is 2.58. The summed E-state index contributed by atoms with van der Waals surface area (Å²) in [7, 11) is 2.04. The molecule has 0 bridgehead atoms. The number of hydrogen-bond donors (Lipinski definition) is 2. The quantitative estimate of drug-likeness (QED) is 0.776. The van der Waals surface area contributed by atoms with Crippen molar-refractivity contribution in [1.82, 2.24) is 10.6 Å². The van der Waals surface area contributed by atoms with E-state index in [9.17, 15) is 0 Å². The first-order valence-corrected chi connectivity index (χ1v) is 7.72. The van der Waals surface area contributed by atoms with Gasteiger partial charge in [0.1, 0.15) is 0 Å². The average Bonchev–Trinajstić information content (AvgIpc) is 2.86. The van der Waals surface area contributed by atoms with Crippen molar-refractivity contribution >= 4 is 0 Å². The van der Waals surface area contributed by atoms with Crippen LogP contribution in [0.4, 0.5) is 0 Å². The smallest absolute Gasteiger partial charge is 0.0306 e. The maximum absolute atomic E-state index is 3.61. The van der Waals surface area contributed by atoms with Crippen molar-refractivity contribution in [1.29, 1.82) is 0 Å². The van der Waals surface area contributed by atoms with E-state index >= 15 is 0 Å². The molecule has 1 unspecified atom stereocenters. The lowest BCUT2D eigenvalue weighted by atomic mass is 9.92. The second-order valence-corrected chi connectivity index (χ2v) is 3.59. The molecule has 1 aliphatic rings. The number of hydrogen-bond acceptors (Lipinski definition) is 2. The molecule has 2 nitrogen and oxygen atoms in total. The van der Waals surface area contributed by atoms with Gasteiger partial charge in [-0.25, -0.2) is 0 Å². The summed E-state index contributed by atoms with van der Waals surface area (Å²) in [6, 6.07) is 0. The van der Waals surface area contributed by atoms with Gasteiger partial charge in [0, 0.05) is 12.1 Å². The Balaban J connectivity index is -0.000000285. The van der Waals surface area contributed by atoms with Crippen LogP contribution in [-0.4, -0.2) is 25.7 Å². The highest BCUT2D eigenvalue weighted by atomic mass is 15.0. The number of rotatable bonds is 4. The van der Waals surface area contributed by atoms with Crippen LogP contribution in [0.15, 0.2) is 0 Å². The van der Waals surface area contributed by atoms with E-state index in [4.69, 9.17) is 0 Å². The van der Waals surface area contributed by atoms with Crippen molar-refractivity contribution in [3.05, 3.63) is 0 Å². The summed E-state index contributed by atoms with van der Waals surface area (Å²) in [5, 5.41) is 6.88. The van der Waals surface area contributed by atoms with Crippen LogP contribution in [-0.2, 0) is 0 Å². The Morgan fingerprint density at radius 1 is 1.06 bits per heavy atom. The molecule has 0 radical (unpaired) electrons. The summed E-state index contributed by atoms with van der Waals surface area (Å²) in [4.78, 5) is 0. The van der Waals surface area contributed by atoms with Crippen LogP contribution < -0.4 is 10.6 Å². The second kappa shape index (κ2) is 18.3. The van der Waals surface area contributed by atoms with Crippen LogP contribution in [0.2, 0.25) is 0 Å². The molecule has 108 valence electrons. The largest absolute Gasteiger partial charge is 0.318 e. The van der Waals surface area contributed by atoms with Crippen LogP contribution >= 0.6 is 0 Å². The minimum Gasteiger partial charge on any atom is -0.318 e. The van der Waals surface area contributed by atoms with Gasteiger partial charge in [-0.1, -0.05) is 54.9 Å². The van der Waals surface area contributed by atoms with E-state index in [0.29, 0.717) is 5.54 Å². The Morgan fingerprint density at radius 3 is 1.88 bits per heavy atom. The van der Waals surface area contributed by atoms with Gasteiger partial charge in [-0.2, -0.15) is 0 Å². The molecular formula is C15H38N2. The first-order chi connectivity index (χ1) is 8.33. The molecule has 0 saturated carbocycles. The normalized spacial score (nSPS) is 21.2. The molecular weight excluding hydrogens is 208 g/mol. The molecule has 0 amide bonds. The van der Waals surface area contributed by atoms with Gasteiger partial charge in [0.2, 0.25) is 0 Å². The van der Waals surface area contributed by atoms with E-state index in [-0.39, 0.29) is 0 Å². The molecule has 1 rings (SSSR count). The topological polar surface area (TPSA) is 24.1 Å². The van der Waals surface area contributed by atoms with Crippen LogP contribution in [0.3, 0.4) is 0 Å². The minimum absolute atomic E-state index is 0.434. The van der Waals surface area contributed by atoms with E-state index < -0.39 is 0 Å². The third-order valence-electron chi connectivity index (χ3n) is 2.58. The zero-order chi connectivity index (χ0) is 14.2. The molecule has 0 aromatic rings. The number of likely N-dealkylation sites (N-methyl/N-ethyl adjacent to an activating group) is 1. The third kappa shape index (κ3) is 10.8. The molecule has 2 N–H and O–H groups in total. The van der Waals surface area contributed by atoms with Gasteiger partial charge in [-0.05, 0) is 32.9 Å². The Hall–Kier alpha value is -0.0800. The monoisotopic (exact) mass is 246 g/mol. The molecule has 1 heterocycles. The Kier molecular flexibility index (Phi) is 23.8. The lowest BCUT2D eigenvalue weighted by Gasteiger charge is -2.28. The lowest BCUT2D eigenvalue weighted by molar-refractivity contribution is 0.334. The molecule has 0 spiro atoms. The molecule has 0 aliphatic carbocycles. The lowest BCUT2D eigenvalue weighted by Crippen LogP contribution is -2.47. The van der Waals surface area contributed by atoms with Crippen LogP contribution in [0.1, 0.15) is 74.1 Å². The van der Waals surface area contributed by atoms with Crippen LogP contribution in [0.5, 0.6) is 0 Å². The molecule has 1 aliphatic heterocycles. The van der Waals surface area contributed by atoms with E-state index in [1.165, 1.54) is 32.2 Å². The van der Waals surface area contributed by atoms with E-state index in [0.717, 1.165) is 6.54 Å². The molecule has 1 atom stereocenters. The van der Waals surface area contributed by atoms with Gasteiger partial charge in [0.25, 0.3) is 0 Å². The highest BCUT2D eigenvalue weighted by Gasteiger charge is 2.31. The Bertz CT molecular complexity index is 99.5. The van der Waals surface area contributed by atoms with Gasteiger partial charge in [-0.15, -0.1) is 0 Å². The maximum atomic E-state index is 3.61. The molecule has 1 fully saturated rings. The second-order valence-electron chi connectivity index (χ2n) is 3.59. The van der Waals surface area contributed by atoms with Crippen LogP contribution in [0, 0.1) is 0 Å². The van der Waals surface area contributed by atoms with E-state index in [2.05, 4.69) is 17.6 Å². The van der Waals surface area contributed by atoms with Gasteiger partial charge in [-0.3, -0.25) is 0 Å². The van der Waals surface area contributed by atoms with Crippen molar-refractivity contribution < 1.29 is 0 Å². The summed E-state index contributed by atoms with van der Waals surface area (Å²) in [6.07, 6.45) is 5.30. The fourth-order valence-electron chi connectivity index (χ4n) is 2.14. The van der Waals surface area contributed by atoms with Gasteiger partial charge >= 0.3 is 0 Å². The van der Waals surface area contributed by atoms with Crippen molar-refractivity contribution in [3.63, 3.8) is 0 Å². The minimum atomic E-state index is 0.434. The fourth-order valence-corrected chi connectivity index (χ4v) is 2.14. The highest BCUT2D eigenvalue weighted by molar-refractivity contribution is 4.93. The van der Waals surface area contributed by atoms with Crippen molar-refractivity contribution in [3.8, 4) is 0 Å². The molecule has 0 aromatic heterocycles. The first kappa shape index (κ1) is 22.1. The van der Waals surface area contributed by atoms with E-state index in [1.54, 1.807) is 0 Å². The maximum Gasteiger partial charge on any atom is 0.0306 e. The van der Waals surface area contributed by atoms with Gasteiger partial charge in [0.15, 0.2) is 0 Å². The predicted octanol–water partition coefficient (Wildman–Crippen LogP) is 4.21. The first-order valence-electron chi connectivity index (χ1n) is 7.72. The van der Waals surface area contributed by atoms with E-state index in [1.807, 2.05) is 48.6 Å². The summed E-state index contributed by atoms with van der Waals surface area (Å²) >= 11 is 0. The zero-order valence-electron chi connectivity index (χ0n) is 13.7. The van der Waals surface area contributed by atoms with Crippen molar-refractivity contribution in [2.75, 3.05) is 20.1 Å². The van der Waals surface area contributed by atoms with Gasteiger partial charge < -0.3 is 10.6 Å². The Morgan fingerprint density at radius 2 is 1.59 bits per heavy atom. The standard InChI is InChI=1S/C9H20N2.3C2H6/c1-3-5-9(8-10-2)6-4-7-11-9;3*1-2/h10-11H,3-8H2,1-2H3;3*1-2H3. The highest BCUT2D eigenvalue weighted by Crippen LogP contribution is 2.23. The Labute approximate surface area is 111 Å². The fraction of sp³-hybridized carbons (Fsp3) is 1.00. The SMILES string of the molecule is CC.CC.CC.CCCC1(CNC)CCCN1. The summed E-state index contributed by atoms with van der Waals surface area (Å²) in [5.74, 6) is 0. The zero-order valence-corrected chi connectivity index (χ0v) is 13.7. The summed E-state index contributed by atoms with van der Waals surface area (Å²) in [5.41, 5.74) is 0.434. The molecule has 17 heavy (non-hydrogen) atoms. The van der Waals surface area contributed by atoms with Crippen LogP contribution in [0.25, 0.3) is 0 Å². The predicted molar refractivity (Wildman–Crippen MR) is 82.8 cm³/mol. The molecule has 1 saturated heterocycles. The summed E-state index contributed by atoms with van der Waals surface area (Å²) < 4.78 is 0. The number of nitrogens with one attached hydrogen (secondary N) is 2. The summed E-state index contributed by atoms with van der Waals surface area (Å²) in [6.45, 7) is 16.6. The van der Waals surface area contributed by atoms with Crippen molar-refractivity contribution in [2.24, 2.45) is 0 Å².